The Balaban J connectivity index is 1.47. The van der Waals surface area contributed by atoms with Gasteiger partial charge in [0.25, 0.3) is 0 Å². The number of rotatable bonds is 4. The van der Waals surface area contributed by atoms with Crippen LogP contribution in [0.15, 0.2) is 36.7 Å². The number of fused-ring (bicyclic) bond motifs is 1. The molecule has 0 saturated carbocycles. The molecule has 1 aliphatic heterocycles. The Morgan fingerprint density at radius 2 is 1.92 bits per heavy atom. The molecule has 3 heterocycles. The molecule has 0 spiro atoms. The van der Waals surface area contributed by atoms with Crippen molar-refractivity contribution < 1.29 is 9.53 Å². The third kappa shape index (κ3) is 3.17. The molecule has 0 unspecified atom stereocenters. The van der Waals surface area contributed by atoms with Gasteiger partial charge in [-0.05, 0) is 50.1 Å². The quantitative estimate of drug-likeness (QED) is 0.650. The summed E-state index contributed by atoms with van der Waals surface area (Å²) in [6.07, 6.45) is 3.33. The number of methoxy groups -OCH3 is 1. The maximum absolute atomic E-state index is 12.8. The average molecular weight is 367 g/mol. The molecule has 0 radical (unpaired) electrons. The van der Waals surface area contributed by atoms with E-state index >= 15 is 0 Å². The number of aromatic nitrogens is 2. The summed E-state index contributed by atoms with van der Waals surface area (Å²) in [6.45, 7) is 3.77. The van der Waals surface area contributed by atoms with Gasteiger partial charge < -0.3 is 9.64 Å². The molecule has 0 atom stereocenters. The summed E-state index contributed by atoms with van der Waals surface area (Å²) < 4.78 is 5.17. The van der Waals surface area contributed by atoms with E-state index in [4.69, 9.17) is 4.74 Å². The van der Waals surface area contributed by atoms with Gasteiger partial charge in [-0.3, -0.25) is 4.79 Å². The monoisotopic (exact) mass is 367 g/mol. The van der Waals surface area contributed by atoms with Crippen LogP contribution in [0.4, 0.5) is 5.82 Å². The number of aryl methyl sites for hydroxylation is 1. The second kappa shape index (κ2) is 7.03. The second-order valence-corrected chi connectivity index (χ2v) is 7.86. The van der Waals surface area contributed by atoms with Gasteiger partial charge in [-0.25, -0.2) is 9.97 Å². The van der Waals surface area contributed by atoms with E-state index in [0.29, 0.717) is 0 Å². The summed E-state index contributed by atoms with van der Waals surface area (Å²) in [5, 5.41) is 1.12. The molecule has 1 saturated heterocycles. The van der Waals surface area contributed by atoms with E-state index in [1.54, 1.807) is 24.8 Å². The molecule has 0 aliphatic carbocycles. The number of benzene rings is 1. The van der Waals surface area contributed by atoms with Gasteiger partial charge in [0, 0.05) is 29.4 Å². The number of nitrogens with zero attached hydrogens (tertiary/aromatic N) is 3. The molecule has 0 bridgehead atoms. The molecule has 0 N–H and O–H groups in total. The van der Waals surface area contributed by atoms with Gasteiger partial charge in [0.1, 0.15) is 22.7 Å². The van der Waals surface area contributed by atoms with E-state index in [1.165, 1.54) is 4.88 Å². The topological polar surface area (TPSA) is 55.3 Å². The predicted octanol–water partition coefficient (Wildman–Crippen LogP) is 4.11. The molecular formula is C20H21N3O2S. The van der Waals surface area contributed by atoms with E-state index in [2.05, 4.69) is 27.9 Å². The summed E-state index contributed by atoms with van der Waals surface area (Å²) in [4.78, 5) is 26.2. The van der Waals surface area contributed by atoms with Gasteiger partial charge in [0.2, 0.25) is 0 Å². The summed E-state index contributed by atoms with van der Waals surface area (Å²) in [6, 6.07) is 9.56. The first-order valence-corrected chi connectivity index (χ1v) is 9.61. The fourth-order valence-corrected chi connectivity index (χ4v) is 4.40. The van der Waals surface area contributed by atoms with Crippen LogP contribution in [0.2, 0.25) is 0 Å². The Labute approximate surface area is 156 Å². The molecule has 3 aromatic rings. The standard InChI is InChI=1S/C20H21N3O2S/c1-13-11-17-19(21-12-22-20(17)26-13)23-9-7-15(8-10-23)18(24)14-3-5-16(25-2)6-4-14/h3-6,11-12,15H,7-10H2,1-2H3. The van der Waals surface area contributed by atoms with Crippen molar-refractivity contribution >= 4 is 33.2 Å². The Morgan fingerprint density at radius 3 is 2.62 bits per heavy atom. The minimum Gasteiger partial charge on any atom is -0.497 e. The average Bonchev–Trinajstić information content (AvgIpc) is 3.08. The van der Waals surface area contributed by atoms with E-state index in [-0.39, 0.29) is 11.7 Å². The number of anilines is 1. The van der Waals surface area contributed by atoms with Gasteiger partial charge in [0.15, 0.2) is 5.78 Å². The number of ketones is 1. The fourth-order valence-electron chi connectivity index (χ4n) is 3.56. The Morgan fingerprint density at radius 1 is 1.19 bits per heavy atom. The third-order valence-corrected chi connectivity index (χ3v) is 5.93. The molecular weight excluding hydrogens is 346 g/mol. The molecule has 2 aromatic heterocycles. The number of Topliss-reactive ketones (excluding diaryl/α,β-unsaturated/α-hetero) is 1. The first kappa shape index (κ1) is 17.0. The zero-order chi connectivity index (χ0) is 18.1. The van der Waals surface area contributed by atoms with Crippen molar-refractivity contribution in [1.29, 1.82) is 0 Å². The molecule has 5 nitrogen and oxygen atoms in total. The van der Waals surface area contributed by atoms with E-state index in [9.17, 15) is 4.79 Å². The maximum atomic E-state index is 12.8. The van der Waals surface area contributed by atoms with Crippen LogP contribution in [0.25, 0.3) is 10.2 Å². The summed E-state index contributed by atoms with van der Waals surface area (Å²) in [7, 11) is 1.63. The van der Waals surface area contributed by atoms with Gasteiger partial charge in [-0.2, -0.15) is 0 Å². The first-order valence-electron chi connectivity index (χ1n) is 8.80. The van der Waals surface area contributed by atoms with E-state index in [1.807, 2.05) is 24.3 Å². The van der Waals surface area contributed by atoms with Gasteiger partial charge in [-0.15, -0.1) is 11.3 Å². The van der Waals surface area contributed by atoms with Crippen LogP contribution in [0.3, 0.4) is 0 Å². The van der Waals surface area contributed by atoms with Crippen LogP contribution >= 0.6 is 11.3 Å². The molecule has 26 heavy (non-hydrogen) atoms. The largest absolute Gasteiger partial charge is 0.497 e. The molecule has 1 aliphatic rings. The maximum Gasteiger partial charge on any atom is 0.166 e. The third-order valence-electron chi connectivity index (χ3n) is 4.97. The second-order valence-electron chi connectivity index (χ2n) is 6.63. The minimum absolute atomic E-state index is 0.0705. The smallest absolute Gasteiger partial charge is 0.166 e. The van der Waals surface area contributed by atoms with E-state index in [0.717, 1.165) is 53.3 Å². The highest BCUT2D eigenvalue weighted by Gasteiger charge is 2.27. The van der Waals surface area contributed by atoms with Crippen LogP contribution in [-0.2, 0) is 0 Å². The number of carbonyl (C=O) groups is 1. The number of hydrogen-bond donors (Lipinski definition) is 0. The highest BCUT2D eigenvalue weighted by molar-refractivity contribution is 7.18. The van der Waals surface area contributed by atoms with Crippen LogP contribution in [0, 0.1) is 12.8 Å². The highest BCUT2D eigenvalue weighted by atomic mass is 32.1. The van der Waals surface area contributed by atoms with Gasteiger partial charge in [0.05, 0.1) is 12.5 Å². The highest BCUT2D eigenvalue weighted by Crippen LogP contribution is 2.32. The summed E-state index contributed by atoms with van der Waals surface area (Å²) >= 11 is 1.69. The van der Waals surface area contributed by atoms with Crippen molar-refractivity contribution in [1.82, 2.24) is 9.97 Å². The first-order chi connectivity index (χ1) is 12.7. The lowest BCUT2D eigenvalue weighted by molar-refractivity contribution is 0.0900. The zero-order valence-corrected chi connectivity index (χ0v) is 15.8. The van der Waals surface area contributed by atoms with Gasteiger partial charge in [-0.1, -0.05) is 0 Å². The van der Waals surface area contributed by atoms with Crippen LogP contribution in [0.1, 0.15) is 28.1 Å². The van der Waals surface area contributed by atoms with Crippen molar-refractivity contribution in [3.05, 3.63) is 47.1 Å². The lowest BCUT2D eigenvalue weighted by atomic mass is 9.89. The molecule has 1 aromatic carbocycles. The molecule has 0 amide bonds. The minimum atomic E-state index is 0.0705. The SMILES string of the molecule is COc1ccc(C(=O)C2CCN(c3ncnc4sc(C)cc34)CC2)cc1. The summed E-state index contributed by atoms with van der Waals surface area (Å²) in [5.74, 6) is 2.07. The van der Waals surface area contributed by atoms with Crippen molar-refractivity contribution in [2.24, 2.45) is 5.92 Å². The van der Waals surface area contributed by atoms with E-state index < -0.39 is 0 Å². The zero-order valence-electron chi connectivity index (χ0n) is 14.9. The van der Waals surface area contributed by atoms with Crippen LogP contribution in [-0.4, -0.2) is 36.0 Å². The Bertz CT molecular complexity index is 928. The number of thiophene rings is 1. The lowest BCUT2D eigenvalue weighted by Gasteiger charge is -2.32. The normalized spacial score (nSPS) is 15.4. The number of ether oxygens (including phenoxy) is 1. The lowest BCUT2D eigenvalue weighted by Crippen LogP contribution is -2.37. The molecule has 134 valence electrons. The van der Waals surface area contributed by atoms with Gasteiger partial charge >= 0.3 is 0 Å². The number of carbonyl (C=O) groups excluding carboxylic acids is 1. The fraction of sp³-hybridized carbons (Fsp3) is 0.350. The van der Waals surface area contributed by atoms with Crippen LogP contribution < -0.4 is 9.64 Å². The molecule has 6 heteroatoms. The number of hydrogen-bond acceptors (Lipinski definition) is 6. The number of piperidine rings is 1. The van der Waals surface area contributed by atoms with Crippen molar-refractivity contribution in [3.63, 3.8) is 0 Å². The van der Waals surface area contributed by atoms with Crippen molar-refractivity contribution in [2.45, 2.75) is 19.8 Å². The molecule has 1 fully saturated rings. The summed E-state index contributed by atoms with van der Waals surface area (Å²) in [5.41, 5.74) is 0.766. The molecule has 4 rings (SSSR count). The predicted molar refractivity (Wildman–Crippen MR) is 104 cm³/mol. The Hall–Kier alpha value is -2.47. The van der Waals surface area contributed by atoms with Crippen LogP contribution in [0.5, 0.6) is 5.75 Å². The Kier molecular flexibility index (Phi) is 4.59. The van der Waals surface area contributed by atoms with Crippen molar-refractivity contribution in [2.75, 3.05) is 25.1 Å². The van der Waals surface area contributed by atoms with Crippen molar-refractivity contribution in [3.8, 4) is 5.75 Å².